The van der Waals surface area contributed by atoms with Crippen LogP contribution in [0.25, 0.3) is 39.4 Å². The first kappa shape index (κ1) is 36.4. The van der Waals surface area contributed by atoms with Crippen molar-refractivity contribution in [3.63, 3.8) is 0 Å². The molecule has 4 aromatic rings. The summed E-state index contributed by atoms with van der Waals surface area (Å²) in [6.45, 7) is 7.95. The number of aromatic nitrogens is 3. The number of ether oxygens (including phenoxy) is 2. The summed E-state index contributed by atoms with van der Waals surface area (Å²) in [5, 5.41) is 18.1. The summed E-state index contributed by atoms with van der Waals surface area (Å²) in [4.78, 5) is 19.5. The number of thiophene rings is 1. The van der Waals surface area contributed by atoms with Gasteiger partial charge in [-0.2, -0.15) is 0 Å². The number of nitrogens with zero attached hydrogens (tertiary/aromatic N) is 6. The van der Waals surface area contributed by atoms with Gasteiger partial charge in [0.1, 0.15) is 6.61 Å². The van der Waals surface area contributed by atoms with Crippen molar-refractivity contribution < 1.29 is 28.2 Å². The summed E-state index contributed by atoms with van der Waals surface area (Å²) in [5.41, 5.74) is 4.85. The van der Waals surface area contributed by atoms with Gasteiger partial charge in [0.25, 0.3) is 0 Å². The number of benzene rings is 1. The molecular formula is C37H36F2N6O4PbS2. The molecule has 268 valence electrons. The maximum atomic E-state index is 16.0. The number of aliphatic hydroxyl groups excluding tert-OH is 1. The number of piperazine rings is 1. The molecular weight excluding hydrogens is 902 g/mol. The predicted octanol–water partition coefficient (Wildman–Crippen LogP) is 6.92. The number of carbonyl (C=O) groups excluding carboxylic acids is 1. The van der Waals surface area contributed by atoms with Gasteiger partial charge in [0.15, 0.2) is 0 Å². The van der Waals surface area contributed by atoms with E-state index in [2.05, 4.69) is 22.2 Å². The Morgan fingerprint density at radius 2 is 2.08 bits per heavy atom. The van der Waals surface area contributed by atoms with Crippen LogP contribution in [0.4, 0.5) is 8.78 Å². The topological polar surface area (TPSA) is 105 Å². The van der Waals surface area contributed by atoms with Crippen LogP contribution >= 0.6 is 19.6 Å². The van der Waals surface area contributed by atoms with E-state index in [1.807, 2.05) is 50.2 Å². The summed E-state index contributed by atoms with van der Waals surface area (Å²) in [5.74, 6) is -1.40. The van der Waals surface area contributed by atoms with E-state index >= 15 is 4.39 Å². The molecule has 1 N–H and O–H groups in total. The molecule has 0 spiro atoms. The van der Waals surface area contributed by atoms with Crippen LogP contribution < -0.4 is 4.74 Å². The maximum absolute atomic E-state index is 16.0. The minimum atomic E-state index is -2.91. The number of amides is 1. The third kappa shape index (κ3) is 7.56. The molecule has 3 aromatic heterocycles. The van der Waals surface area contributed by atoms with E-state index in [0.29, 0.717) is 37.5 Å². The van der Waals surface area contributed by atoms with Gasteiger partial charge >= 0.3 is 286 Å². The number of rotatable bonds is 10. The average Bonchev–Trinajstić information content (AvgIpc) is 3.87. The van der Waals surface area contributed by atoms with Crippen molar-refractivity contribution in [2.24, 2.45) is 15.8 Å². The molecule has 10 nitrogen and oxygen atoms in total. The molecule has 0 radical (unpaired) electrons. The molecule has 3 aliphatic rings. The Balaban J connectivity index is 1.30. The number of hydrogen-bond donors (Lipinski definition) is 1. The number of aryl methyl sites for hydroxylation is 1. The van der Waals surface area contributed by atoms with Crippen molar-refractivity contribution in [2.75, 3.05) is 39.5 Å². The third-order valence-corrected chi connectivity index (χ3v) is 22.4. The second kappa shape index (κ2) is 15.9. The van der Waals surface area contributed by atoms with Gasteiger partial charge in [-0.1, -0.05) is 6.08 Å². The molecule has 1 fully saturated rings. The molecule has 1 amide bonds. The van der Waals surface area contributed by atoms with Crippen LogP contribution in [0, 0.1) is 17.6 Å². The quantitative estimate of drug-likeness (QED) is 0.0602. The molecule has 6 heterocycles. The Morgan fingerprint density at radius 3 is 2.90 bits per heavy atom. The van der Waals surface area contributed by atoms with Crippen molar-refractivity contribution >= 4 is 74.9 Å². The van der Waals surface area contributed by atoms with E-state index in [4.69, 9.17) is 22.4 Å². The van der Waals surface area contributed by atoms with Crippen molar-refractivity contribution in [3.05, 3.63) is 104 Å². The standard InChI is InChI=1S/C29H27F2N3O3S2.C8H10N3O.Pb/c1-17-16-37-24-14-19(30)13-21(31)25(24)26-27(28(17)38)32-23(20-8-12-39-29(20)26)6-5-18-15-34(2)33-22(18)7-11-36-10-4-3-9-35;1-3-8(12)10-4-5-11(9)7(2)6-10;/h3-8,11-15,17,28,35,38H,9-10,16H2,1-2H3;2-3H,1,4-6H2;/q;;+1/p-1/b4-3+,6-5+,11-7+;;/t17-,28?;;/m1../s1. The van der Waals surface area contributed by atoms with Crippen LogP contribution in [0.1, 0.15) is 34.8 Å². The zero-order valence-electron chi connectivity index (χ0n) is 28.5. The van der Waals surface area contributed by atoms with E-state index < -0.39 is 32.7 Å². The van der Waals surface area contributed by atoms with Gasteiger partial charge in [-0.3, -0.25) is 0 Å². The van der Waals surface area contributed by atoms with Crippen LogP contribution in [-0.4, -0.2) is 96.2 Å². The zero-order chi connectivity index (χ0) is 36.4. The van der Waals surface area contributed by atoms with E-state index in [0.717, 1.165) is 38.8 Å². The van der Waals surface area contributed by atoms with Crippen molar-refractivity contribution in [3.8, 4) is 16.9 Å². The SMILES string of the molecule is C=CC(=O)N1CCN2[N]=[Pb]([S]C3c4nc(/C=C/c5cn(C)nc5/C=C/OC/C=C/CO)c5ccsc5c4-c4c(F)cc(F)cc4OC[C@H]3C)[CH]=C2C1. The molecule has 2 atom stereocenters. The fourth-order valence-corrected chi connectivity index (χ4v) is 22.8. The number of fused-ring (bicyclic) bond motifs is 6. The van der Waals surface area contributed by atoms with Gasteiger partial charge < -0.3 is 5.11 Å². The Kier molecular flexibility index (Phi) is 11.1. The van der Waals surface area contributed by atoms with Gasteiger partial charge in [-0.25, -0.2) is 0 Å². The average molecular weight is 938 g/mol. The minimum absolute atomic E-state index is 0.0452. The molecule has 1 saturated heterocycles. The number of carbonyl (C=O) groups is 1. The fraction of sp³-hybridized carbons (Fsp3) is 0.270. The molecule has 0 bridgehead atoms. The molecule has 52 heavy (non-hydrogen) atoms. The Labute approximate surface area is 314 Å². The van der Waals surface area contributed by atoms with Gasteiger partial charge in [-0.15, -0.1) is 0 Å². The summed E-state index contributed by atoms with van der Waals surface area (Å²) in [7, 11) is 3.66. The summed E-state index contributed by atoms with van der Waals surface area (Å²) >= 11 is -1.42. The number of halogens is 2. The first-order valence-corrected chi connectivity index (χ1v) is 27.2. The normalized spacial score (nSPS) is 18.6. The van der Waals surface area contributed by atoms with Crippen LogP contribution in [0.5, 0.6) is 5.75 Å². The van der Waals surface area contributed by atoms with Crippen molar-refractivity contribution in [1.82, 2.24) is 24.7 Å². The molecule has 1 unspecified atom stereocenters. The first-order valence-electron chi connectivity index (χ1n) is 16.7. The number of hydrogen-bond acceptors (Lipinski definition) is 10. The second-order valence-electron chi connectivity index (χ2n) is 12.4. The van der Waals surface area contributed by atoms with E-state index in [9.17, 15) is 9.18 Å². The third-order valence-electron chi connectivity index (χ3n) is 8.83. The van der Waals surface area contributed by atoms with E-state index in [1.165, 1.54) is 23.5 Å². The van der Waals surface area contributed by atoms with Crippen LogP contribution in [0.2, 0.25) is 0 Å². The Bertz CT molecular complexity index is 2200. The molecule has 7 rings (SSSR count). The van der Waals surface area contributed by atoms with E-state index in [1.54, 1.807) is 34.1 Å². The van der Waals surface area contributed by atoms with Crippen LogP contribution in [-0.2, 0) is 16.6 Å². The first-order chi connectivity index (χ1) is 25.2. The van der Waals surface area contributed by atoms with Crippen LogP contribution in [0.15, 0.2) is 73.0 Å². The molecule has 0 aliphatic carbocycles. The summed E-state index contributed by atoms with van der Waals surface area (Å²) in [6, 6.07) is 4.13. The van der Waals surface area contributed by atoms with Gasteiger partial charge in [0, 0.05) is 0 Å². The van der Waals surface area contributed by atoms with Gasteiger partial charge in [0.2, 0.25) is 0 Å². The van der Waals surface area contributed by atoms with Gasteiger partial charge in [-0.05, 0) is 6.08 Å². The molecule has 3 aliphatic heterocycles. The number of pyridine rings is 1. The summed E-state index contributed by atoms with van der Waals surface area (Å²) < 4.78 is 52.3. The second-order valence-corrected chi connectivity index (χ2v) is 25.0. The zero-order valence-corrected chi connectivity index (χ0v) is 34.1. The number of aliphatic hydroxyl groups is 1. The summed E-state index contributed by atoms with van der Waals surface area (Å²) in [6.07, 6.45) is 13.8. The fourth-order valence-electron chi connectivity index (χ4n) is 6.36. The van der Waals surface area contributed by atoms with Crippen molar-refractivity contribution in [2.45, 2.75) is 12.2 Å². The predicted molar refractivity (Wildman–Crippen MR) is 203 cm³/mol. The van der Waals surface area contributed by atoms with Crippen molar-refractivity contribution in [1.29, 1.82) is 0 Å². The molecule has 1 aromatic carbocycles. The molecule has 15 heteroatoms. The Morgan fingerprint density at radius 1 is 1.21 bits per heavy atom. The molecule has 0 saturated carbocycles. The van der Waals surface area contributed by atoms with Crippen LogP contribution in [0.3, 0.4) is 0 Å². The monoisotopic (exact) mass is 938 g/mol. The van der Waals surface area contributed by atoms with Gasteiger partial charge in [0.05, 0.1) is 6.61 Å². The Hall–Kier alpha value is -4.00. The van der Waals surface area contributed by atoms with E-state index in [-0.39, 0.29) is 41.6 Å².